The van der Waals surface area contributed by atoms with Crippen molar-refractivity contribution in [2.24, 2.45) is 5.92 Å². The third-order valence-electron chi connectivity index (χ3n) is 5.22. The van der Waals surface area contributed by atoms with E-state index >= 15 is 0 Å². The first kappa shape index (κ1) is 19.3. The number of nitrogens with zero attached hydrogens (tertiary/aromatic N) is 4. The molecule has 2 atom stereocenters. The highest BCUT2D eigenvalue weighted by Gasteiger charge is 2.38. The summed E-state index contributed by atoms with van der Waals surface area (Å²) in [5.74, 6) is 0.281. The Balaban J connectivity index is 1.64. The maximum atomic E-state index is 12.9. The molecule has 2 saturated heterocycles. The molecule has 27 heavy (non-hydrogen) atoms. The minimum atomic E-state index is -0.294. The van der Waals surface area contributed by atoms with Gasteiger partial charge < -0.3 is 19.4 Å². The zero-order valence-corrected chi connectivity index (χ0v) is 16.1. The molecule has 9 nitrogen and oxygen atoms in total. The Morgan fingerprint density at radius 1 is 1.37 bits per heavy atom. The van der Waals surface area contributed by atoms with Gasteiger partial charge in [-0.05, 0) is 6.42 Å². The second-order valence-electron chi connectivity index (χ2n) is 7.39. The Kier molecular flexibility index (Phi) is 5.79. The smallest absolute Gasteiger partial charge is 0.252 e. The summed E-state index contributed by atoms with van der Waals surface area (Å²) in [4.78, 5) is 49.3. The molecular weight excluding hydrogens is 350 g/mol. The van der Waals surface area contributed by atoms with Crippen molar-refractivity contribution < 1.29 is 14.3 Å². The fourth-order valence-corrected chi connectivity index (χ4v) is 3.70. The number of ether oxygens (including phenoxy) is 1. The van der Waals surface area contributed by atoms with Crippen LogP contribution < -0.4 is 10.5 Å². The molecule has 1 aromatic rings. The van der Waals surface area contributed by atoms with Crippen LogP contribution in [0.15, 0.2) is 10.9 Å². The van der Waals surface area contributed by atoms with Gasteiger partial charge in [-0.3, -0.25) is 19.4 Å². The summed E-state index contributed by atoms with van der Waals surface area (Å²) in [6.45, 7) is 2.60. The standard InChI is InChI=1S/C18H27N5O4/c1-21(2)18-19-14(9-15(24)20-18)12-4-5-23(10-12)17(26)13-8-16(25)22(11-13)6-7-27-3/h9,12-13H,4-8,10-11H2,1-3H3,(H,19,20,24)/t12-,13-/m0/s1. The molecule has 1 aromatic heterocycles. The molecule has 0 aromatic carbocycles. The number of rotatable bonds is 6. The monoisotopic (exact) mass is 377 g/mol. The zero-order chi connectivity index (χ0) is 19.6. The lowest BCUT2D eigenvalue weighted by Crippen LogP contribution is -2.36. The van der Waals surface area contributed by atoms with Crippen molar-refractivity contribution >= 4 is 17.8 Å². The van der Waals surface area contributed by atoms with Gasteiger partial charge in [-0.15, -0.1) is 0 Å². The molecular formula is C18H27N5O4. The number of amides is 2. The summed E-state index contributed by atoms with van der Waals surface area (Å²) >= 11 is 0. The van der Waals surface area contributed by atoms with Crippen LogP contribution in [0.25, 0.3) is 0 Å². The van der Waals surface area contributed by atoms with E-state index in [9.17, 15) is 14.4 Å². The Morgan fingerprint density at radius 2 is 2.15 bits per heavy atom. The molecule has 2 aliphatic heterocycles. The van der Waals surface area contributed by atoms with Crippen LogP contribution in [0, 0.1) is 5.92 Å². The van der Waals surface area contributed by atoms with Gasteiger partial charge in [0.1, 0.15) is 0 Å². The van der Waals surface area contributed by atoms with E-state index in [1.54, 1.807) is 21.8 Å². The number of aromatic amines is 1. The summed E-state index contributed by atoms with van der Waals surface area (Å²) < 4.78 is 5.02. The van der Waals surface area contributed by atoms with E-state index in [0.29, 0.717) is 44.4 Å². The first-order chi connectivity index (χ1) is 12.9. The van der Waals surface area contributed by atoms with Crippen LogP contribution in [-0.2, 0) is 14.3 Å². The number of hydrogen-bond donors (Lipinski definition) is 1. The molecule has 0 saturated carbocycles. The minimum absolute atomic E-state index is 0.00744. The van der Waals surface area contributed by atoms with Gasteiger partial charge in [0.15, 0.2) is 0 Å². The first-order valence-corrected chi connectivity index (χ1v) is 9.23. The summed E-state index contributed by atoms with van der Waals surface area (Å²) in [5, 5.41) is 0. The average Bonchev–Trinajstić information content (AvgIpc) is 3.26. The SMILES string of the molecule is COCCN1C[C@@H](C(=O)N2CC[C@H](c3cc(=O)[nH]c(N(C)C)n3)C2)CC1=O. The molecule has 0 bridgehead atoms. The molecule has 3 rings (SSSR count). The molecule has 2 aliphatic rings. The van der Waals surface area contributed by atoms with Crippen molar-refractivity contribution in [3.05, 3.63) is 22.1 Å². The zero-order valence-electron chi connectivity index (χ0n) is 16.1. The lowest BCUT2D eigenvalue weighted by molar-refractivity contribution is -0.134. The fraction of sp³-hybridized carbons (Fsp3) is 0.667. The van der Waals surface area contributed by atoms with E-state index in [2.05, 4.69) is 9.97 Å². The maximum absolute atomic E-state index is 12.9. The first-order valence-electron chi connectivity index (χ1n) is 9.23. The lowest BCUT2D eigenvalue weighted by Gasteiger charge is -2.21. The van der Waals surface area contributed by atoms with E-state index in [-0.39, 0.29) is 35.6 Å². The normalized spacial score (nSPS) is 22.6. The van der Waals surface area contributed by atoms with Crippen LogP contribution in [0.4, 0.5) is 5.95 Å². The maximum Gasteiger partial charge on any atom is 0.252 e. The van der Waals surface area contributed by atoms with E-state index in [1.165, 1.54) is 6.07 Å². The molecule has 3 heterocycles. The van der Waals surface area contributed by atoms with Crippen LogP contribution in [0.1, 0.15) is 24.5 Å². The summed E-state index contributed by atoms with van der Waals surface area (Å²) in [5.41, 5.74) is 0.519. The summed E-state index contributed by atoms with van der Waals surface area (Å²) in [6.07, 6.45) is 1.03. The van der Waals surface area contributed by atoms with Crippen LogP contribution in [0.3, 0.4) is 0 Å². The second kappa shape index (κ2) is 8.08. The molecule has 0 unspecified atom stereocenters. The van der Waals surface area contributed by atoms with Crippen LogP contribution in [0.2, 0.25) is 0 Å². The highest BCUT2D eigenvalue weighted by Crippen LogP contribution is 2.29. The number of methoxy groups -OCH3 is 1. The molecule has 148 valence electrons. The number of hydrogen-bond acceptors (Lipinski definition) is 6. The largest absolute Gasteiger partial charge is 0.383 e. The van der Waals surface area contributed by atoms with Gasteiger partial charge in [0, 0.05) is 65.8 Å². The van der Waals surface area contributed by atoms with Crippen LogP contribution in [-0.4, -0.2) is 85.6 Å². The van der Waals surface area contributed by atoms with Crippen LogP contribution >= 0.6 is 0 Å². The average molecular weight is 377 g/mol. The number of aromatic nitrogens is 2. The Labute approximate surface area is 158 Å². The summed E-state index contributed by atoms with van der Waals surface area (Å²) in [7, 11) is 5.23. The van der Waals surface area contributed by atoms with Crippen molar-refractivity contribution in [3.63, 3.8) is 0 Å². The number of carbonyl (C=O) groups is 2. The van der Waals surface area contributed by atoms with Crippen molar-refractivity contribution in [2.45, 2.75) is 18.8 Å². The van der Waals surface area contributed by atoms with Crippen molar-refractivity contribution in [1.29, 1.82) is 0 Å². The molecule has 0 aliphatic carbocycles. The Morgan fingerprint density at radius 3 is 2.85 bits per heavy atom. The summed E-state index contributed by atoms with van der Waals surface area (Å²) in [6, 6.07) is 1.51. The Hall–Kier alpha value is -2.42. The van der Waals surface area contributed by atoms with Gasteiger partial charge in [-0.1, -0.05) is 0 Å². The third-order valence-corrected chi connectivity index (χ3v) is 5.22. The third kappa shape index (κ3) is 4.29. The van der Waals surface area contributed by atoms with E-state index < -0.39 is 0 Å². The van der Waals surface area contributed by atoms with Crippen molar-refractivity contribution in [1.82, 2.24) is 19.8 Å². The highest BCUT2D eigenvalue weighted by atomic mass is 16.5. The van der Waals surface area contributed by atoms with Gasteiger partial charge >= 0.3 is 0 Å². The van der Waals surface area contributed by atoms with E-state index in [4.69, 9.17) is 4.74 Å². The second-order valence-corrected chi connectivity index (χ2v) is 7.39. The molecule has 2 amide bonds. The van der Waals surface area contributed by atoms with Gasteiger partial charge in [-0.2, -0.15) is 0 Å². The number of nitrogens with one attached hydrogen (secondary N) is 1. The molecule has 0 spiro atoms. The minimum Gasteiger partial charge on any atom is -0.383 e. The number of likely N-dealkylation sites (tertiary alicyclic amines) is 2. The van der Waals surface area contributed by atoms with Gasteiger partial charge in [-0.25, -0.2) is 4.98 Å². The topological polar surface area (TPSA) is 98.8 Å². The number of H-pyrrole nitrogens is 1. The lowest BCUT2D eigenvalue weighted by atomic mass is 10.0. The fourth-order valence-electron chi connectivity index (χ4n) is 3.70. The van der Waals surface area contributed by atoms with E-state index in [0.717, 1.165) is 6.42 Å². The highest BCUT2D eigenvalue weighted by molar-refractivity contribution is 5.89. The van der Waals surface area contributed by atoms with Gasteiger partial charge in [0.2, 0.25) is 17.8 Å². The van der Waals surface area contributed by atoms with Crippen molar-refractivity contribution in [3.8, 4) is 0 Å². The number of anilines is 1. The van der Waals surface area contributed by atoms with Crippen LogP contribution in [0.5, 0.6) is 0 Å². The Bertz CT molecular complexity index is 762. The van der Waals surface area contributed by atoms with E-state index in [1.807, 2.05) is 14.1 Å². The molecule has 1 N–H and O–H groups in total. The van der Waals surface area contributed by atoms with Gasteiger partial charge in [0.25, 0.3) is 5.56 Å². The molecule has 0 radical (unpaired) electrons. The molecule has 2 fully saturated rings. The number of carbonyl (C=O) groups excluding carboxylic acids is 2. The van der Waals surface area contributed by atoms with Gasteiger partial charge in [0.05, 0.1) is 18.2 Å². The predicted octanol–water partition coefficient (Wildman–Crippen LogP) is -0.353. The molecule has 9 heteroatoms. The van der Waals surface area contributed by atoms with Crippen molar-refractivity contribution in [2.75, 3.05) is 58.9 Å². The predicted molar refractivity (Wildman–Crippen MR) is 99.7 cm³/mol. The quantitative estimate of drug-likeness (QED) is 0.727.